The minimum absolute atomic E-state index is 0.264. The average molecular weight is 345 g/mol. The van der Waals surface area contributed by atoms with Gasteiger partial charge in [0.15, 0.2) is 0 Å². The lowest BCUT2D eigenvalue weighted by Crippen LogP contribution is -2.31. The van der Waals surface area contributed by atoms with Crippen LogP contribution < -0.4 is 5.32 Å². The summed E-state index contributed by atoms with van der Waals surface area (Å²) < 4.78 is 0. The van der Waals surface area contributed by atoms with Crippen LogP contribution in [0.15, 0.2) is 61.3 Å². The Hall–Kier alpha value is -3.12. The lowest BCUT2D eigenvalue weighted by atomic mass is 9.99. The van der Waals surface area contributed by atoms with Crippen LogP contribution in [0.25, 0.3) is 0 Å². The quantitative estimate of drug-likeness (QED) is 0.787. The van der Waals surface area contributed by atoms with Gasteiger partial charge in [-0.25, -0.2) is 4.98 Å². The topological polar surface area (TPSA) is 71.0 Å². The van der Waals surface area contributed by atoms with E-state index in [4.69, 9.17) is 0 Å². The largest absolute Gasteiger partial charge is 0.319 e. The van der Waals surface area contributed by atoms with Crippen LogP contribution in [0.5, 0.6) is 0 Å². The van der Waals surface area contributed by atoms with Crippen molar-refractivity contribution in [2.45, 2.75) is 19.5 Å². The Kier molecular flexibility index (Phi) is 4.66. The zero-order valence-corrected chi connectivity index (χ0v) is 14.3. The zero-order valence-electron chi connectivity index (χ0n) is 14.3. The maximum absolute atomic E-state index is 12.4. The van der Waals surface area contributed by atoms with E-state index in [2.05, 4.69) is 49.4 Å². The van der Waals surface area contributed by atoms with Crippen molar-refractivity contribution >= 4 is 11.6 Å². The van der Waals surface area contributed by atoms with Gasteiger partial charge in [0.25, 0.3) is 5.91 Å². The van der Waals surface area contributed by atoms with Gasteiger partial charge in [0.1, 0.15) is 5.69 Å². The minimum Gasteiger partial charge on any atom is -0.319 e. The van der Waals surface area contributed by atoms with E-state index in [0.717, 1.165) is 42.9 Å². The Labute approximate surface area is 151 Å². The molecule has 0 spiro atoms. The van der Waals surface area contributed by atoms with Gasteiger partial charge in [0.2, 0.25) is 0 Å². The second kappa shape index (κ2) is 7.41. The summed E-state index contributed by atoms with van der Waals surface area (Å²) in [7, 11) is 0. The molecule has 0 unspecified atom stereocenters. The molecule has 1 aliphatic heterocycles. The molecule has 2 aromatic heterocycles. The number of amides is 1. The molecule has 0 fully saturated rings. The van der Waals surface area contributed by atoms with Crippen LogP contribution in [0.4, 0.5) is 5.69 Å². The number of nitrogens with one attached hydrogen (secondary N) is 1. The van der Waals surface area contributed by atoms with Gasteiger partial charge in [0.05, 0.1) is 18.1 Å². The highest BCUT2D eigenvalue weighted by Crippen LogP contribution is 2.26. The van der Waals surface area contributed by atoms with Crippen molar-refractivity contribution in [3.05, 3.63) is 83.7 Å². The van der Waals surface area contributed by atoms with Crippen LogP contribution in [0.1, 0.15) is 27.2 Å². The predicted octanol–water partition coefficient (Wildman–Crippen LogP) is 2.68. The molecule has 1 aliphatic rings. The van der Waals surface area contributed by atoms with Crippen molar-refractivity contribution < 1.29 is 4.79 Å². The van der Waals surface area contributed by atoms with Gasteiger partial charge in [-0.3, -0.25) is 19.7 Å². The third kappa shape index (κ3) is 3.60. The van der Waals surface area contributed by atoms with Crippen molar-refractivity contribution in [1.29, 1.82) is 0 Å². The van der Waals surface area contributed by atoms with Crippen LogP contribution in [0.2, 0.25) is 0 Å². The number of benzene rings is 1. The maximum atomic E-state index is 12.4. The van der Waals surface area contributed by atoms with Crippen LogP contribution in [-0.2, 0) is 19.5 Å². The molecule has 0 bridgehead atoms. The average Bonchev–Trinajstić information content (AvgIpc) is 2.69. The monoisotopic (exact) mass is 345 g/mol. The second-order valence-corrected chi connectivity index (χ2v) is 6.32. The number of hydrogen-bond donors (Lipinski definition) is 1. The third-order valence-corrected chi connectivity index (χ3v) is 4.51. The summed E-state index contributed by atoms with van der Waals surface area (Å²) in [5, 5.41) is 2.93. The molecule has 1 N–H and O–H groups in total. The first kappa shape index (κ1) is 16.4. The van der Waals surface area contributed by atoms with Crippen molar-refractivity contribution in [3.63, 3.8) is 0 Å². The highest BCUT2D eigenvalue weighted by Gasteiger charge is 2.20. The van der Waals surface area contributed by atoms with E-state index in [1.807, 2.05) is 12.3 Å². The molecule has 6 heteroatoms. The highest BCUT2D eigenvalue weighted by atomic mass is 16.1. The van der Waals surface area contributed by atoms with Crippen molar-refractivity contribution in [2.75, 3.05) is 11.9 Å². The number of pyridine rings is 1. The Morgan fingerprint density at radius 3 is 2.77 bits per heavy atom. The Morgan fingerprint density at radius 1 is 1.08 bits per heavy atom. The number of carbonyl (C=O) groups is 1. The van der Waals surface area contributed by atoms with Gasteiger partial charge in [-0.05, 0) is 23.1 Å². The molecule has 1 aromatic carbocycles. The first-order valence-electron chi connectivity index (χ1n) is 8.59. The number of nitrogens with zero attached hydrogens (tertiary/aromatic N) is 4. The molecule has 0 saturated heterocycles. The van der Waals surface area contributed by atoms with E-state index >= 15 is 0 Å². The fraction of sp³-hybridized carbons (Fsp3) is 0.200. The van der Waals surface area contributed by atoms with E-state index < -0.39 is 0 Å². The third-order valence-electron chi connectivity index (χ3n) is 4.51. The summed E-state index contributed by atoms with van der Waals surface area (Å²) in [6, 6.07) is 10.4. The Bertz CT molecular complexity index is 899. The summed E-state index contributed by atoms with van der Waals surface area (Å²) >= 11 is 0. The van der Waals surface area contributed by atoms with Gasteiger partial charge in [-0.1, -0.05) is 30.3 Å². The first-order valence-corrected chi connectivity index (χ1v) is 8.59. The van der Waals surface area contributed by atoms with E-state index in [1.165, 1.54) is 18.0 Å². The number of hydrogen-bond acceptors (Lipinski definition) is 5. The first-order chi connectivity index (χ1) is 12.8. The zero-order chi connectivity index (χ0) is 17.8. The highest BCUT2D eigenvalue weighted by molar-refractivity contribution is 6.03. The van der Waals surface area contributed by atoms with Gasteiger partial charge in [-0.2, -0.15) is 0 Å². The van der Waals surface area contributed by atoms with Crippen LogP contribution >= 0.6 is 0 Å². The molecular formula is C20H19N5O. The summed E-state index contributed by atoms with van der Waals surface area (Å²) in [6.07, 6.45) is 8.99. The van der Waals surface area contributed by atoms with E-state index in [0.29, 0.717) is 5.69 Å². The summed E-state index contributed by atoms with van der Waals surface area (Å²) in [6.45, 7) is 2.68. The summed E-state index contributed by atoms with van der Waals surface area (Å²) in [4.78, 5) is 27.0. The van der Waals surface area contributed by atoms with E-state index in [9.17, 15) is 4.79 Å². The molecule has 0 radical (unpaired) electrons. The molecule has 1 amide bonds. The number of carbonyl (C=O) groups excluding carboxylic acids is 1. The number of anilines is 1. The second-order valence-electron chi connectivity index (χ2n) is 6.32. The molecule has 0 aliphatic carbocycles. The van der Waals surface area contributed by atoms with Crippen molar-refractivity contribution in [1.82, 2.24) is 19.9 Å². The molecule has 3 aromatic rings. The SMILES string of the molecule is O=C(Nc1cncc2c1CCN(Cc1ccccc1)C2)c1cnccn1. The van der Waals surface area contributed by atoms with Crippen LogP contribution in [0, 0.1) is 0 Å². The van der Waals surface area contributed by atoms with E-state index in [-0.39, 0.29) is 5.91 Å². The van der Waals surface area contributed by atoms with Crippen molar-refractivity contribution in [2.24, 2.45) is 0 Å². The maximum Gasteiger partial charge on any atom is 0.275 e. The number of rotatable bonds is 4. The fourth-order valence-corrected chi connectivity index (χ4v) is 3.24. The Morgan fingerprint density at radius 2 is 1.96 bits per heavy atom. The Balaban J connectivity index is 1.49. The van der Waals surface area contributed by atoms with Crippen LogP contribution in [0.3, 0.4) is 0 Å². The molecule has 0 atom stereocenters. The number of aromatic nitrogens is 3. The van der Waals surface area contributed by atoms with Gasteiger partial charge < -0.3 is 5.32 Å². The molecule has 26 heavy (non-hydrogen) atoms. The smallest absolute Gasteiger partial charge is 0.275 e. The molecular weight excluding hydrogens is 326 g/mol. The normalized spacial score (nSPS) is 13.8. The molecule has 130 valence electrons. The van der Waals surface area contributed by atoms with Crippen molar-refractivity contribution in [3.8, 4) is 0 Å². The molecule has 4 rings (SSSR count). The molecule has 6 nitrogen and oxygen atoms in total. The summed E-state index contributed by atoms with van der Waals surface area (Å²) in [5.41, 5.74) is 4.67. The summed E-state index contributed by atoms with van der Waals surface area (Å²) in [5.74, 6) is -0.264. The lowest BCUT2D eigenvalue weighted by molar-refractivity contribution is 0.102. The minimum atomic E-state index is -0.264. The fourth-order valence-electron chi connectivity index (χ4n) is 3.24. The molecule has 0 saturated carbocycles. The standard InChI is InChI=1S/C20H19N5O/c26-20(19-12-21-7-8-23-19)24-18-11-22-10-16-14-25(9-6-17(16)18)13-15-4-2-1-3-5-15/h1-5,7-8,10-12H,6,9,13-14H2,(H,24,26). The van der Waals surface area contributed by atoms with Gasteiger partial charge in [0, 0.05) is 38.2 Å². The molecule has 3 heterocycles. The number of fused-ring (bicyclic) bond motifs is 1. The van der Waals surface area contributed by atoms with E-state index in [1.54, 1.807) is 12.4 Å². The van der Waals surface area contributed by atoms with Gasteiger partial charge >= 0.3 is 0 Å². The van der Waals surface area contributed by atoms with Gasteiger partial charge in [-0.15, -0.1) is 0 Å². The van der Waals surface area contributed by atoms with Crippen LogP contribution in [-0.4, -0.2) is 32.3 Å². The predicted molar refractivity (Wildman–Crippen MR) is 98.5 cm³/mol. The lowest BCUT2D eigenvalue weighted by Gasteiger charge is -2.29.